The molecule has 0 unspecified atom stereocenters. The van der Waals surface area contributed by atoms with E-state index in [4.69, 9.17) is 0 Å². The number of H-pyrrole nitrogens is 1. The van der Waals surface area contributed by atoms with Crippen molar-refractivity contribution in [1.29, 1.82) is 5.26 Å². The summed E-state index contributed by atoms with van der Waals surface area (Å²) in [5.41, 5.74) is 6.49. The number of imidazole rings is 1. The van der Waals surface area contributed by atoms with Crippen molar-refractivity contribution in [2.75, 3.05) is 37.6 Å². The van der Waals surface area contributed by atoms with Crippen molar-refractivity contribution < 1.29 is 9.30 Å². The maximum absolute atomic E-state index is 9.96. The molecule has 5 rings (SSSR count). The highest BCUT2D eigenvalue weighted by Gasteiger charge is 2.29. The summed E-state index contributed by atoms with van der Waals surface area (Å²) in [6.07, 6.45) is 3.08. The maximum atomic E-state index is 9.96. The van der Waals surface area contributed by atoms with Crippen LogP contribution in [-0.2, 0) is 12.8 Å². The van der Waals surface area contributed by atoms with Crippen LogP contribution in [0.2, 0.25) is 0 Å². The Morgan fingerprint density at radius 2 is 1.78 bits per heavy atom. The van der Waals surface area contributed by atoms with Crippen LogP contribution >= 0.6 is 0 Å². The fraction of sp³-hybridized carbons (Fsp3) is 0.333. The Morgan fingerprint density at radius 1 is 1.03 bits per heavy atom. The predicted molar refractivity (Wildman–Crippen MR) is 128 cm³/mol. The van der Waals surface area contributed by atoms with Crippen molar-refractivity contribution in [2.24, 2.45) is 0 Å². The quantitative estimate of drug-likeness (QED) is 0.467. The predicted octanol–water partition coefficient (Wildman–Crippen LogP) is 2.68. The molecule has 2 aromatic heterocycles. The Labute approximate surface area is 189 Å². The number of nitrogens with zero attached hydrogens (tertiary/aromatic N) is 3. The number of aromatic nitrogens is 2. The van der Waals surface area contributed by atoms with E-state index >= 15 is 0 Å². The molecule has 0 atom stereocenters. The van der Waals surface area contributed by atoms with Crippen LogP contribution in [0.5, 0.6) is 0 Å². The Bertz CT molecular complexity index is 1260. The summed E-state index contributed by atoms with van der Waals surface area (Å²) in [4.78, 5) is 7.72. The van der Waals surface area contributed by atoms with E-state index in [2.05, 4.69) is 81.9 Å². The van der Waals surface area contributed by atoms with Crippen LogP contribution < -0.4 is 14.2 Å². The lowest BCUT2D eigenvalue weighted by Crippen LogP contribution is -3.15. The van der Waals surface area contributed by atoms with Gasteiger partial charge in [0.1, 0.15) is 48.8 Å². The van der Waals surface area contributed by atoms with Crippen molar-refractivity contribution in [1.82, 2.24) is 4.98 Å². The molecule has 0 amide bonds. The molecule has 0 bridgehead atoms. The molecule has 5 nitrogen and oxygen atoms in total. The lowest BCUT2D eigenvalue weighted by atomic mass is 10.0. The first-order valence-corrected chi connectivity index (χ1v) is 11.8. The van der Waals surface area contributed by atoms with Crippen LogP contribution in [0.4, 0.5) is 5.82 Å². The number of hydrogen-bond donors (Lipinski definition) is 2. The molecular formula is C27H31N5+2. The highest BCUT2D eigenvalue weighted by Crippen LogP contribution is 2.24. The van der Waals surface area contributed by atoms with E-state index in [-0.39, 0.29) is 0 Å². The highest BCUT2D eigenvalue weighted by molar-refractivity contribution is 5.77. The van der Waals surface area contributed by atoms with Gasteiger partial charge in [-0.15, -0.1) is 0 Å². The lowest BCUT2D eigenvalue weighted by Gasteiger charge is -2.30. The molecule has 3 heterocycles. The van der Waals surface area contributed by atoms with E-state index in [1.807, 2.05) is 6.07 Å². The molecule has 2 aromatic carbocycles. The fourth-order valence-electron chi connectivity index (χ4n) is 5.03. The van der Waals surface area contributed by atoms with Crippen LogP contribution in [0.1, 0.15) is 30.0 Å². The van der Waals surface area contributed by atoms with Crippen molar-refractivity contribution in [3.8, 4) is 6.07 Å². The third-order valence-corrected chi connectivity index (χ3v) is 6.75. The topological polar surface area (TPSA) is 51.4 Å². The number of fused-ring (bicyclic) bond motifs is 3. The highest BCUT2D eigenvalue weighted by atomic mass is 15.3. The molecule has 1 aliphatic rings. The first-order chi connectivity index (χ1) is 15.8. The minimum atomic E-state index is 0.777. The van der Waals surface area contributed by atoms with Crippen LogP contribution in [0.3, 0.4) is 0 Å². The Kier molecular flexibility index (Phi) is 5.79. The molecule has 1 aliphatic heterocycles. The number of rotatable bonds is 6. The zero-order valence-electron chi connectivity index (χ0n) is 18.8. The number of piperazine rings is 1. The zero-order chi connectivity index (χ0) is 21.9. The number of benzene rings is 2. The van der Waals surface area contributed by atoms with Crippen LogP contribution in [-0.4, -0.2) is 37.7 Å². The zero-order valence-corrected chi connectivity index (χ0v) is 18.8. The minimum absolute atomic E-state index is 0.777. The standard InChI is InChI=1S/C27H29N5/c1-2-8-22-19-26(32-25-12-7-6-11-24(25)29-27(32)23(22)20-28)31-17-15-30(16-18-31)14-13-21-9-4-3-5-10-21/h3-7,9-12,19H,2,8,13-18H2,1H3/p+2. The molecule has 0 saturated carbocycles. The lowest BCUT2D eigenvalue weighted by molar-refractivity contribution is -0.900. The number of para-hydroxylation sites is 2. The van der Waals surface area contributed by atoms with Crippen molar-refractivity contribution in [3.63, 3.8) is 0 Å². The normalized spacial score (nSPS) is 14.8. The molecular weight excluding hydrogens is 394 g/mol. The Morgan fingerprint density at radius 3 is 2.53 bits per heavy atom. The average Bonchev–Trinajstić information content (AvgIpc) is 3.23. The number of hydrogen-bond acceptors (Lipinski definition) is 2. The number of nitriles is 1. The van der Waals surface area contributed by atoms with Gasteiger partial charge in [-0.25, -0.2) is 0 Å². The van der Waals surface area contributed by atoms with Gasteiger partial charge in [0.25, 0.3) is 0 Å². The van der Waals surface area contributed by atoms with Gasteiger partial charge in [-0.3, -0.25) is 9.88 Å². The fourth-order valence-corrected chi connectivity index (χ4v) is 5.03. The molecule has 5 heteroatoms. The number of aromatic amines is 1. The number of pyridine rings is 1. The van der Waals surface area contributed by atoms with Gasteiger partial charge in [0.15, 0.2) is 0 Å². The van der Waals surface area contributed by atoms with E-state index in [1.165, 1.54) is 17.9 Å². The molecule has 1 saturated heterocycles. The van der Waals surface area contributed by atoms with Crippen LogP contribution in [0.25, 0.3) is 16.7 Å². The van der Waals surface area contributed by atoms with Gasteiger partial charge in [0, 0.05) is 12.5 Å². The summed E-state index contributed by atoms with van der Waals surface area (Å²) in [5, 5.41) is 9.96. The van der Waals surface area contributed by atoms with Crippen molar-refractivity contribution >= 4 is 22.5 Å². The molecule has 1 fully saturated rings. The summed E-state index contributed by atoms with van der Waals surface area (Å²) in [6, 6.07) is 23.9. The summed E-state index contributed by atoms with van der Waals surface area (Å²) in [6.45, 7) is 7.70. The van der Waals surface area contributed by atoms with Gasteiger partial charge >= 0.3 is 0 Å². The van der Waals surface area contributed by atoms with Gasteiger partial charge in [-0.2, -0.15) is 9.66 Å². The number of aryl methyl sites for hydroxylation is 1. The molecule has 4 aromatic rings. The van der Waals surface area contributed by atoms with E-state index < -0.39 is 0 Å². The van der Waals surface area contributed by atoms with Crippen LogP contribution in [0.15, 0.2) is 60.7 Å². The second-order valence-electron chi connectivity index (χ2n) is 8.81. The number of anilines is 1. The van der Waals surface area contributed by atoms with E-state index in [0.29, 0.717) is 0 Å². The van der Waals surface area contributed by atoms with Gasteiger partial charge in [0.2, 0.25) is 11.5 Å². The summed E-state index contributed by atoms with van der Waals surface area (Å²) in [5.74, 6) is 1.21. The maximum Gasteiger partial charge on any atom is 0.250 e. The Balaban J connectivity index is 1.44. The second kappa shape index (κ2) is 9.02. The van der Waals surface area contributed by atoms with E-state index in [9.17, 15) is 5.26 Å². The molecule has 2 N–H and O–H groups in total. The third kappa shape index (κ3) is 3.83. The molecule has 162 valence electrons. The molecule has 32 heavy (non-hydrogen) atoms. The van der Waals surface area contributed by atoms with Gasteiger partial charge in [0.05, 0.1) is 6.54 Å². The minimum Gasteiger partial charge on any atom is -0.329 e. The SMILES string of the molecule is CCCc1cc(N2CC[NH+](CCc3ccccc3)CC2)[n+]2c([nH]c3ccccc32)c1C#N. The number of nitrogens with one attached hydrogen (secondary N) is 2. The van der Waals surface area contributed by atoms with E-state index in [1.54, 1.807) is 4.90 Å². The summed E-state index contributed by atoms with van der Waals surface area (Å²) in [7, 11) is 0. The van der Waals surface area contributed by atoms with Gasteiger partial charge < -0.3 is 4.90 Å². The monoisotopic (exact) mass is 425 g/mol. The second-order valence-corrected chi connectivity index (χ2v) is 8.81. The van der Waals surface area contributed by atoms with E-state index in [0.717, 1.165) is 73.2 Å². The van der Waals surface area contributed by atoms with Crippen molar-refractivity contribution in [3.05, 3.63) is 77.4 Å². The first kappa shape index (κ1) is 20.5. The first-order valence-electron chi connectivity index (χ1n) is 11.8. The third-order valence-electron chi connectivity index (χ3n) is 6.75. The smallest absolute Gasteiger partial charge is 0.250 e. The van der Waals surface area contributed by atoms with Crippen molar-refractivity contribution in [2.45, 2.75) is 26.2 Å². The number of quaternary nitrogens is 1. The summed E-state index contributed by atoms with van der Waals surface area (Å²) < 4.78 is 2.27. The molecule has 0 spiro atoms. The van der Waals surface area contributed by atoms with Gasteiger partial charge in [-0.05, 0) is 29.7 Å². The molecule has 0 radical (unpaired) electrons. The largest absolute Gasteiger partial charge is 0.329 e. The molecule has 0 aliphatic carbocycles. The van der Waals surface area contributed by atoms with Crippen LogP contribution in [0, 0.1) is 11.3 Å². The Hall–Kier alpha value is -3.36. The van der Waals surface area contributed by atoms with Gasteiger partial charge in [-0.1, -0.05) is 55.8 Å². The summed E-state index contributed by atoms with van der Waals surface area (Å²) >= 11 is 0. The average molecular weight is 426 g/mol.